The smallest absolute Gasteiger partial charge is 0.870 e. The number of carbonyl (C=O) groups is 3. The molecule has 0 spiro atoms. The Balaban J connectivity index is 0.000000417. The van der Waals surface area contributed by atoms with E-state index in [0.717, 1.165) is 11.1 Å². The Morgan fingerprint density at radius 2 is 1.21 bits per heavy atom. The van der Waals surface area contributed by atoms with Crippen molar-refractivity contribution >= 4 is 47.2 Å². The third-order valence-corrected chi connectivity index (χ3v) is 9.98. The number of ketones is 1. The molecule has 0 aliphatic heterocycles. The van der Waals surface area contributed by atoms with E-state index in [1.54, 1.807) is 97.8 Å². The average Bonchev–Trinajstić information content (AvgIpc) is 4.01. The Morgan fingerprint density at radius 3 is 1.69 bits per heavy atom. The Bertz CT molecular complexity index is 2680. The van der Waals surface area contributed by atoms with E-state index in [-0.39, 0.29) is 87.7 Å². The van der Waals surface area contributed by atoms with Crippen molar-refractivity contribution < 1.29 is 72.0 Å². The van der Waals surface area contributed by atoms with Crippen molar-refractivity contribution in [2.75, 3.05) is 32.8 Å². The summed E-state index contributed by atoms with van der Waals surface area (Å²) in [5.41, 5.74) is 3.73. The summed E-state index contributed by atoms with van der Waals surface area (Å²) in [5.74, 6) is 3.32. The minimum atomic E-state index is -1.45. The van der Waals surface area contributed by atoms with Crippen LogP contribution in [0.1, 0.15) is 41.4 Å². The van der Waals surface area contributed by atoms with Crippen molar-refractivity contribution in [3.63, 3.8) is 0 Å². The molecule has 2 aromatic heterocycles. The van der Waals surface area contributed by atoms with Crippen molar-refractivity contribution in [2.24, 2.45) is 5.84 Å². The van der Waals surface area contributed by atoms with Crippen molar-refractivity contribution in [2.45, 2.75) is 52.2 Å². The molecule has 0 amide bonds. The van der Waals surface area contributed by atoms with Crippen LogP contribution in [0, 0.1) is 11.6 Å². The van der Waals surface area contributed by atoms with E-state index < -0.39 is 35.7 Å². The van der Waals surface area contributed by atoms with E-state index in [4.69, 9.17) is 38.5 Å². The molecule has 0 saturated heterocycles. The van der Waals surface area contributed by atoms with E-state index in [9.17, 15) is 38.2 Å². The number of aromatic nitrogens is 8. The molecule has 378 valence electrons. The number of aliphatic hydroxyl groups excluding tert-OH is 2. The molecule has 4 aromatic carbocycles. The van der Waals surface area contributed by atoms with Gasteiger partial charge in [0.2, 0.25) is 11.6 Å². The molecule has 0 aliphatic carbocycles. The van der Waals surface area contributed by atoms with Gasteiger partial charge in [-0.2, -0.15) is 6.29 Å². The first-order valence-electron chi connectivity index (χ1n) is 21.3. The van der Waals surface area contributed by atoms with Gasteiger partial charge in [0.15, 0.2) is 12.2 Å². The summed E-state index contributed by atoms with van der Waals surface area (Å²) in [7, 11) is 0. The molecule has 6 aromatic rings. The first kappa shape index (κ1) is 61.7. The van der Waals surface area contributed by atoms with Crippen LogP contribution in [0.3, 0.4) is 0 Å². The van der Waals surface area contributed by atoms with E-state index in [2.05, 4.69) is 44.2 Å². The largest absolute Gasteiger partial charge is 1.00 e. The van der Waals surface area contributed by atoms with E-state index in [1.807, 2.05) is 0 Å². The van der Waals surface area contributed by atoms with E-state index in [1.165, 1.54) is 38.6 Å². The molecule has 6 rings (SSSR count). The molecule has 0 aliphatic rings. The quantitative estimate of drug-likeness (QED) is 0.0166. The number of benzene rings is 4. The molecule has 20 nitrogen and oxygen atoms in total. The number of allylic oxidation sites excluding steroid dienone is 2. The molecule has 25 heteroatoms. The molecule has 0 fully saturated rings. The maximum absolute atomic E-state index is 14.2. The third kappa shape index (κ3) is 19.3. The zero-order valence-corrected chi connectivity index (χ0v) is 41.0. The number of Topliss-reactive ketones (excluding diaryl/α,β-unsaturated/α-hetero) is 1. The van der Waals surface area contributed by atoms with Gasteiger partial charge in [0, 0.05) is 46.6 Å². The number of aliphatic hydroxyl groups is 2. The Morgan fingerprint density at radius 1 is 0.750 bits per heavy atom. The van der Waals surface area contributed by atoms with Crippen molar-refractivity contribution in [1.82, 2.24) is 50.3 Å². The summed E-state index contributed by atoms with van der Waals surface area (Å²) in [6.45, 7) is 11.5. The molecule has 0 unspecified atom stereocenters. The summed E-state index contributed by atoms with van der Waals surface area (Å²) in [4.78, 5) is 47.9. The summed E-state index contributed by atoms with van der Waals surface area (Å²) in [5, 5.41) is 43.4. The maximum atomic E-state index is 14.2. The number of hydrogen-bond donors (Lipinski definition) is 3. The molecule has 0 radical (unpaired) electrons. The zero-order chi connectivity index (χ0) is 51.2. The first-order chi connectivity index (χ1) is 33.6. The number of halogens is 4. The predicted molar refractivity (Wildman–Crippen MR) is 256 cm³/mol. The normalized spacial score (nSPS) is 11.3. The van der Waals surface area contributed by atoms with E-state index in [0.29, 0.717) is 45.4 Å². The van der Waals surface area contributed by atoms with Gasteiger partial charge in [-0.05, 0) is 93.4 Å². The van der Waals surface area contributed by atoms with Gasteiger partial charge >= 0.3 is 30.8 Å². The topological polar surface area (TPSA) is 277 Å². The average molecular weight is 1030 g/mol. The number of ether oxygens (including phenoxy) is 2. The molecule has 5 N–H and O–H groups in total. The minimum Gasteiger partial charge on any atom is -0.870 e. The summed E-state index contributed by atoms with van der Waals surface area (Å²) < 4.78 is 40.3. The van der Waals surface area contributed by atoms with Crippen LogP contribution in [-0.2, 0) is 50.0 Å². The van der Waals surface area contributed by atoms with Gasteiger partial charge < -0.3 is 30.0 Å². The van der Waals surface area contributed by atoms with Crippen LogP contribution >= 0.6 is 23.2 Å². The fraction of sp³-hybridized carbons (Fsp3) is 0.277. The second kappa shape index (κ2) is 31.8. The molecular formula is C47H51Cl2F2LiN11O9-. The van der Waals surface area contributed by atoms with Crippen LogP contribution in [0.5, 0.6) is 0 Å². The van der Waals surface area contributed by atoms with Crippen LogP contribution in [0.4, 0.5) is 8.78 Å². The van der Waals surface area contributed by atoms with Crippen molar-refractivity contribution in [3.8, 4) is 22.3 Å². The fourth-order valence-electron chi connectivity index (χ4n) is 6.30. The van der Waals surface area contributed by atoms with Crippen LogP contribution in [0.15, 0.2) is 110 Å². The second-order valence-corrected chi connectivity index (χ2v) is 15.6. The molecule has 2 heterocycles. The van der Waals surface area contributed by atoms with Gasteiger partial charge in [-0.25, -0.2) is 28.1 Å². The maximum Gasteiger partial charge on any atom is 1.00 e. The molecular weight excluding hydrogens is 978 g/mol. The monoisotopic (exact) mass is 1030 g/mol. The standard InChI is InChI=1S/C24H25ClFN5O4.C18H20ClFN2O3.C5H5N4O.Li.H2O/c1-3-11-31-23(27-28-29-31)21(32)14-30(15-22(33)24(34)35-4-2)13-16-5-7-17(8-6-16)19-12-18(25)9-10-20(19)26;1-2-25-18(24)17(23)11-22(21)10-12-3-5-13(6-4-12)15-9-14(19)7-8-16(15)20;1-2-3-9-5(4-10)6-7-8-9;;/h3,5-10,12,22,33H,1,4,11,13-15H2,2H3;3-9,17,23H,2,10-11,21H2,1H3;2H,1,3H2;;1H2/q;;-1;+1;/p-1/t22-;17-;;;/m11.../s1. The molecule has 72 heavy (non-hydrogen) atoms. The van der Waals surface area contributed by atoms with Crippen LogP contribution in [0.25, 0.3) is 22.3 Å². The Hall–Kier alpha value is -6.42. The number of hydrazine groups is 1. The fourth-order valence-corrected chi connectivity index (χ4v) is 6.64. The van der Waals surface area contributed by atoms with Crippen LogP contribution in [0.2, 0.25) is 10.0 Å². The number of rotatable bonds is 22. The zero-order valence-electron chi connectivity index (χ0n) is 39.5. The number of tetrazole rings is 2. The number of esters is 2. The van der Waals surface area contributed by atoms with Crippen LogP contribution < -0.4 is 24.7 Å². The molecule has 0 bridgehead atoms. The second-order valence-electron chi connectivity index (χ2n) is 14.7. The Labute approximate surface area is 435 Å². The number of nitrogens with zero attached hydrogens (tertiary/aromatic N) is 10. The summed E-state index contributed by atoms with van der Waals surface area (Å²) >= 11 is 11.9. The number of nitrogens with two attached hydrogens (primary N) is 1. The Kier molecular flexibility index (Phi) is 27.3. The first-order valence-corrected chi connectivity index (χ1v) is 22.0. The minimum absolute atomic E-state index is 0. The summed E-state index contributed by atoms with van der Waals surface area (Å²) in [6.07, 6.45) is 1.99. The van der Waals surface area contributed by atoms with Gasteiger partial charge in [0.25, 0.3) is 0 Å². The van der Waals surface area contributed by atoms with Crippen molar-refractivity contribution in [3.05, 3.63) is 155 Å². The number of hydrogen-bond acceptors (Lipinski definition) is 18. The van der Waals surface area contributed by atoms with Gasteiger partial charge in [-0.1, -0.05) is 83.9 Å². The van der Waals surface area contributed by atoms with Gasteiger partial charge in [0.05, 0.1) is 39.4 Å². The predicted octanol–water partition coefficient (Wildman–Crippen LogP) is 1.82. The van der Waals surface area contributed by atoms with Crippen LogP contribution in [-0.4, -0.2) is 135 Å². The van der Waals surface area contributed by atoms with Gasteiger partial charge in [-0.3, -0.25) is 20.2 Å². The molecule has 2 atom stereocenters. The molecule has 0 saturated carbocycles. The summed E-state index contributed by atoms with van der Waals surface area (Å²) in [6, 6.07) is 22.8. The van der Waals surface area contributed by atoms with Crippen molar-refractivity contribution in [1.29, 1.82) is 0 Å². The van der Waals surface area contributed by atoms with E-state index >= 15 is 0 Å². The SMILES string of the molecule is C=CCn1nnnc1C(=O)CN(Cc1ccc(-c2cc(Cl)ccc2F)cc1)C[C@@H](O)C(=O)OCC.C=CCn1nnnc1[C-]=O.CCOC(=O)[C@H](O)CN(N)Cc1ccc(-c2cc(Cl)ccc2F)cc1.[Li+].[OH-]. The third-order valence-electron chi connectivity index (χ3n) is 9.51. The van der Waals surface area contributed by atoms with Gasteiger partial charge in [0.1, 0.15) is 11.6 Å². The van der Waals surface area contributed by atoms with Gasteiger partial charge in [-0.15, -0.1) is 23.4 Å². The number of carbonyl (C=O) groups excluding carboxylic acids is 4.